The maximum absolute atomic E-state index is 13.4. The summed E-state index contributed by atoms with van der Waals surface area (Å²) in [6.07, 6.45) is 4.06. The lowest BCUT2D eigenvalue weighted by Crippen LogP contribution is -2.31. The van der Waals surface area contributed by atoms with E-state index in [-0.39, 0.29) is 12.3 Å². The molecule has 1 atom stereocenters. The van der Waals surface area contributed by atoms with Gasteiger partial charge in [0, 0.05) is 29.6 Å². The number of pyridine rings is 1. The molecule has 0 saturated carbocycles. The Morgan fingerprint density at radius 1 is 1.25 bits per heavy atom. The predicted octanol–water partition coefficient (Wildman–Crippen LogP) is 2.79. The lowest BCUT2D eigenvalue weighted by atomic mass is 10.0. The molecule has 3 aromatic rings. The SMILES string of the molecule is N=C/C(=C\N)c1ccc2cnc(C(=O)NC(CO)c3cccc(F)c3)cc2c1. The fourth-order valence-electron chi connectivity index (χ4n) is 2.86. The molecule has 1 aromatic heterocycles. The van der Waals surface area contributed by atoms with E-state index in [1.165, 1.54) is 24.4 Å². The van der Waals surface area contributed by atoms with Crippen molar-refractivity contribution >= 4 is 28.5 Å². The molecule has 0 spiro atoms. The summed E-state index contributed by atoms with van der Waals surface area (Å²) in [7, 11) is 0. The predicted molar refractivity (Wildman–Crippen MR) is 106 cm³/mol. The van der Waals surface area contributed by atoms with E-state index in [9.17, 15) is 14.3 Å². The zero-order valence-electron chi connectivity index (χ0n) is 14.9. The van der Waals surface area contributed by atoms with Crippen molar-refractivity contribution in [2.75, 3.05) is 6.61 Å². The van der Waals surface area contributed by atoms with Crippen LogP contribution in [0.5, 0.6) is 0 Å². The van der Waals surface area contributed by atoms with Crippen LogP contribution in [0.25, 0.3) is 16.3 Å². The van der Waals surface area contributed by atoms with Gasteiger partial charge < -0.3 is 21.6 Å². The Labute approximate surface area is 161 Å². The highest BCUT2D eigenvalue weighted by atomic mass is 19.1. The molecule has 142 valence electrons. The second-order valence-corrected chi connectivity index (χ2v) is 6.16. The number of aromatic nitrogens is 1. The van der Waals surface area contributed by atoms with E-state index >= 15 is 0 Å². The number of carbonyl (C=O) groups excluding carboxylic acids is 1. The number of nitrogens with one attached hydrogen (secondary N) is 2. The third-order valence-corrected chi connectivity index (χ3v) is 4.36. The summed E-state index contributed by atoms with van der Waals surface area (Å²) in [4.78, 5) is 16.8. The summed E-state index contributed by atoms with van der Waals surface area (Å²) in [5, 5.41) is 21.2. The van der Waals surface area contributed by atoms with E-state index in [0.717, 1.165) is 22.6 Å². The number of nitrogens with two attached hydrogens (primary N) is 1. The smallest absolute Gasteiger partial charge is 0.270 e. The number of amides is 1. The van der Waals surface area contributed by atoms with Crippen molar-refractivity contribution in [3.63, 3.8) is 0 Å². The van der Waals surface area contributed by atoms with Gasteiger partial charge in [-0.25, -0.2) is 4.39 Å². The molecule has 0 aliphatic rings. The molecule has 0 aliphatic carbocycles. The maximum atomic E-state index is 13.4. The quantitative estimate of drug-likeness (QED) is 0.494. The van der Waals surface area contributed by atoms with Crippen LogP contribution in [-0.2, 0) is 0 Å². The van der Waals surface area contributed by atoms with Crippen LogP contribution in [0.2, 0.25) is 0 Å². The van der Waals surface area contributed by atoms with E-state index in [4.69, 9.17) is 11.1 Å². The number of hydrogen-bond donors (Lipinski definition) is 4. The number of benzene rings is 2. The molecule has 7 heteroatoms. The fourth-order valence-corrected chi connectivity index (χ4v) is 2.86. The Balaban J connectivity index is 1.89. The largest absolute Gasteiger partial charge is 0.404 e. The average Bonchev–Trinajstić information content (AvgIpc) is 2.72. The van der Waals surface area contributed by atoms with Crippen molar-refractivity contribution in [2.45, 2.75) is 6.04 Å². The molecule has 3 rings (SSSR count). The number of halogens is 1. The summed E-state index contributed by atoms with van der Waals surface area (Å²) in [6.45, 7) is -0.378. The van der Waals surface area contributed by atoms with Crippen molar-refractivity contribution in [2.24, 2.45) is 5.73 Å². The molecular formula is C21H19FN4O2. The first kappa shape index (κ1) is 19.2. The Kier molecular flexibility index (Phi) is 5.76. The lowest BCUT2D eigenvalue weighted by molar-refractivity contribution is 0.0911. The molecule has 2 aromatic carbocycles. The first-order chi connectivity index (χ1) is 13.5. The van der Waals surface area contributed by atoms with Crippen LogP contribution in [0.15, 0.2) is 60.9 Å². The maximum Gasteiger partial charge on any atom is 0.270 e. The number of nitrogens with zero attached hydrogens (tertiary/aromatic N) is 1. The molecule has 1 unspecified atom stereocenters. The second kappa shape index (κ2) is 8.41. The number of aliphatic hydroxyl groups is 1. The molecule has 0 aliphatic heterocycles. The zero-order valence-corrected chi connectivity index (χ0v) is 14.9. The molecule has 1 heterocycles. The van der Waals surface area contributed by atoms with Gasteiger partial charge in [-0.15, -0.1) is 0 Å². The number of carbonyl (C=O) groups is 1. The second-order valence-electron chi connectivity index (χ2n) is 6.16. The first-order valence-corrected chi connectivity index (χ1v) is 8.55. The summed E-state index contributed by atoms with van der Waals surface area (Å²) in [5.41, 5.74) is 7.45. The summed E-state index contributed by atoms with van der Waals surface area (Å²) in [6, 6.07) is 12.0. The van der Waals surface area contributed by atoms with Gasteiger partial charge in [0.1, 0.15) is 11.5 Å². The number of hydrogen-bond acceptors (Lipinski definition) is 5. The van der Waals surface area contributed by atoms with Gasteiger partial charge >= 0.3 is 0 Å². The standard InChI is InChI=1S/C21H19FN4O2/c22-18-3-1-2-14(7-18)20(12-27)26-21(28)19-8-16-6-13(17(9-23)10-24)4-5-15(16)11-25-19/h1-11,20,23,27H,12,24H2,(H,26,28)/b17-10+,23-9?. The molecule has 1 amide bonds. The molecule has 5 N–H and O–H groups in total. The van der Waals surface area contributed by atoms with Gasteiger partial charge in [0.15, 0.2) is 0 Å². The van der Waals surface area contributed by atoms with Gasteiger partial charge in [0.25, 0.3) is 5.91 Å². The monoisotopic (exact) mass is 378 g/mol. The van der Waals surface area contributed by atoms with Gasteiger partial charge in [-0.1, -0.05) is 24.3 Å². The minimum absolute atomic E-state index is 0.160. The molecule has 0 bridgehead atoms. The third-order valence-electron chi connectivity index (χ3n) is 4.36. The summed E-state index contributed by atoms with van der Waals surface area (Å²) in [5.74, 6) is -0.936. The molecule has 0 radical (unpaired) electrons. The van der Waals surface area contributed by atoms with Crippen LogP contribution in [-0.4, -0.2) is 28.8 Å². The number of aliphatic hydroxyl groups excluding tert-OH is 1. The van der Waals surface area contributed by atoms with Gasteiger partial charge in [-0.05, 0) is 40.8 Å². The van der Waals surface area contributed by atoms with Crippen molar-refractivity contribution < 1.29 is 14.3 Å². The van der Waals surface area contributed by atoms with Crippen molar-refractivity contribution in [1.82, 2.24) is 10.3 Å². The molecule has 28 heavy (non-hydrogen) atoms. The molecule has 0 saturated heterocycles. The minimum Gasteiger partial charge on any atom is -0.404 e. The summed E-state index contributed by atoms with van der Waals surface area (Å²) >= 11 is 0. The first-order valence-electron chi connectivity index (χ1n) is 8.55. The zero-order chi connectivity index (χ0) is 20.1. The lowest BCUT2D eigenvalue weighted by Gasteiger charge is -2.16. The van der Waals surface area contributed by atoms with Crippen molar-refractivity contribution in [3.05, 3.63) is 83.6 Å². The Morgan fingerprint density at radius 2 is 2.07 bits per heavy atom. The van der Waals surface area contributed by atoms with E-state index in [1.807, 2.05) is 18.2 Å². The van der Waals surface area contributed by atoms with Gasteiger partial charge in [0.2, 0.25) is 0 Å². The van der Waals surface area contributed by atoms with Gasteiger partial charge in [-0.3, -0.25) is 9.78 Å². The molecular weight excluding hydrogens is 359 g/mol. The van der Waals surface area contributed by atoms with E-state index in [0.29, 0.717) is 11.1 Å². The van der Waals surface area contributed by atoms with Crippen LogP contribution in [0, 0.1) is 11.2 Å². The van der Waals surface area contributed by atoms with Crippen LogP contribution >= 0.6 is 0 Å². The normalized spacial score (nSPS) is 12.6. The highest BCUT2D eigenvalue weighted by molar-refractivity contribution is 6.09. The topological polar surface area (TPSA) is 112 Å². The highest BCUT2D eigenvalue weighted by Crippen LogP contribution is 2.21. The minimum atomic E-state index is -0.753. The Morgan fingerprint density at radius 3 is 2.75 bits per heavy atom. The van der Waals surface area contributed by atoms with E-state index in [2.05, 4.69) is 10.3 Å². The van der Waals surface area contributed by atoms with Crippen LogP contribution in [0.1, 0.15) is 27.7 Å². The van der Waals surface area contributed by atoms with E-state index < -0.39 is 17.8 Å². The average molecular weight is 378 g/mol. The van der Waals surface area contributed by atoms with Gasteiger partial charge in [-0.2, -0.15) is 0 Å². The Hall–Kier alpha value is -3.58. The highest BCUT2D eigenvalue weighted by Gasteiger charge is 2.17. The Bertz CT molecular complexity index is 1070. The number of rotatable bonds is 6. The number of fused-ring (bicyclic) bond motifs is 1. The van der Waals surface area contributed by atoms with Crippen LogP contribution in [0.4, 0.5) is 4.39 Å². The molecule has 6 nitrogen and oxygen atoms in total. The van der Waals surface area contributed by atoms with Crippen molar-refractivity contribution in [3.8, 4) is 0 Å². The van der Waals surface area contributed by atoms with Crippen molar-refractivity contribution in [1.29, 1.82) is 5.41 Å². The van der Waals surface area contributed by atoms with Gasteiger partial charge in [0.05, 0.1) is 12.6 Å². The third kappa shape index (κ3) is 4.05. The van der Waals surface area contributed by atoms with E-state index in [1.54, 1.807) is 18.3 Å². The fraction of sp³-hybridized carbons (Fsp3) is 0.0952. The summed E-state index contributed by atoms with van der Waals surface area (Å²) < 4.78 is 13.4. The molecule has 0 fully saturated rings. The van der Waals surface area contributed by atoms with Crippen LogP contribution < -0.4 is 11.1 Å². The van der Waals surface area contributed by atoms with Crippen LogP contribution in [0.3, 0.4) is 0 Å². The number of allylic oxidation sites excluding steroid dienone is 1.